The van der Waals surface area contributed by atoms with Gasteiger partial charge in [-0.25, -0.2) is 22.8 Å². The number of morpholine rings is 1. The van der Waals surface area contributed by atoms with Gasteiger partial charge in [-0.2, -0.15) is 4.31 Å². The fourth-order valence-corrected chi connectivity index (χ4v) is 6.04. The number of nitrogens with zero attached hydrogens (tertiary/aromatic N) is 4. The van der Waals surface area contributed by atoms with Crippen molar-refractivity contribution in [1.29, 1.82) is 0 Å². The van der Waals surface area contributed by atoms with E-state index in [2.05, 4.69) is 10.2 Å². The zero-order valence-electron chi connectivity index (χ0n) is 20.5. The van der Waals surface area contributed by atoms with Crippen molar-refractivity contribution in [3.8, 4) is 0 Å². The minimum absolute atomic E-state index is 0.151. The first-order valence-electron chi connectivity index (χ1n) is 12.1. The van der Waals surface area contributed by atoms with Gasteiger partial charge in [-0.15, -0.1) is 0 Å². The molecule has 3 aromatic rings. The van der Waals surface area contributed by atoms with Crippen LogP contribution in [0.3, 0.4) is 0 Å². The highest BCUT2D eigenvalue weighted by Gasteiger charge is 2.32. The second kappa shape index (κ2) is 10.5. The lowest BCUT2D eigenvalue weighted by molar-refractivity contribution is -0.114. The molecule has 2 aliphatic heterocycles. The molecule has 1 amide bonds. The number of aromatic nitrogens is 2. The molecule has 2 aromatic carbocycles. The van der Waals surface area contributed by atoms with Crippen LogP contribution in [-0.2, 0) is 38.9 Å². The number of carbonyl (C=O) groups is 1. The monoisotopic (exact) mass is 525 g/mol. The molecule has 2 aliphatic rings. The van der Waals surface area contributed by atoms with E-state index in [-0.39, 0.29) is 29.7 Å². The second-order valence-electron chi connectivity index (χ2n) is 9.09. The number of halogens is 1. The maximum atomic E-state index is 13.7. The summed E-state index contributed by atoms with van der Waals surface area (Å²) in [6.45, 7) is 4.22. The van der Waals surface area contributed by atoms with Crippen LogP contribution in [0.2, 0.25) is 0 Å². The highest BCUT2D eigenvalue weighted by molar-refractivity contribution is 7.89. The minimum Gasteiger partial charge on any atom is -0.378 e. The Kier molecular flexibility index (Phi) is 7.18. The Bertz CT molecular complexity index is 1410. The average Bonchev–Trinajstić information content (AvgIpc) is 2.88. The Morgan fingerprint density at radius 1 is 1.08 bits per heavy atom. The molecule has 3 heterocycles. The van der Waals surface area contributed by atoms with Crippen molar-refractivity contribution in [2.45, 2.75) is 31.2 Å². The van der Waals surface area contributed by atoms with Crippen LogP contribution in [0.5, 0.6) is 0 Å². The van der Waals surface area contributed by atoms with Crippen molar-refractivity contribution in [2.75, 3.05) is 43.1 Å². The average molecular weight is 526 g/mol. The van der Waals surface area contributed by atoms with Gasteiger partial charge in [0.25, 0.3) is 0 Å². The lowest BCUT2D eigenvalue weighted by Gasteiger charge is -2.34. The molecule has 0 spiro atoms. The van der Waals surface area contributed by atoms with Gasteiger partial charge in [-0.3, -0.25) is 4.79 Å². The van der Waals surface area contributed by atoms with Gasteiger partial charge in [0.2, 0.25) is 15.9 Å². The normalized spacial score (nSPS) is 16.3. The largest absolute Gasteiger partial charge is 0.378 e. The molecule has 5 rings (SSSR count). The van der Waals surface area contributed by atoms with Crippen LogP contribution in [0, 0.1) is 5.82 Å². The van der Waals surface area contributed by atoms with Gasteiger partial charge in [-0.1, -0.05) is 12.1 Å². The summed E-state index contributed by atoms with van der Waals surface area (Å²) in [7, 11) is -3.78. The molecule has 1 fully saturated rings. The standard InChI is InChI=1S/C26H28FN5O4S/c1-18(33)28-21-5-7-22(8-6-21)37(34,35)32-10-9-24-23(17-32)26(31-11-13-36-14-12-31)30-25(29-24)16-19-3-2-4-20(27)15-19/h2-8,15H,9-14,16-17H2,1H3,(H,28,33). The summed E-state index contributed by atoms with van der Waals surface area (Å²) in [4.78, 5) is 23.2. The Morgan fingerprint density at radius 3 is 2.54 bits per heavy atom. The first-order chi connectivity index (χ1) is 17.8. The van der Waals surface area contributed by atoms with Gasteiger partial charge in [-0.05, 0) is 42.0 Å². The van der Waals surface area contributed by atoms with E-state index in [1.165, 1.54) is 35.5 Å². The molecule has 0 bridgehead atoms. The number of anilines is 2. The van der Waals surface area contributed by atoms with E-state index in [1.807, 2.05) is 6.07 Å². The van der Waals surface area contributed by atoms with Crippen molar-refractivity contribution < 1.29 is 22.3 Å². The van der Waals surface area contributed by atoms with Crippen LogP contribution in [-0.4, -0.2) is 61.4 Å². The van der Waals surface area contributed by atoms with Crippen molar-refractivity contribution in [2.24, 2.45) is 0 Å². The van der Waals surface area contributed by atoms with E-state index in [0.29, 0.717) is 56.5 Å². The van der Waals surface area contributed by atoms with Crippen LogP contribution >= 0.6 is 0 Å². The zero-order valence-corrected chi connectivity index (χ0v) is 21.3. The van der Waals surface area contributed by atoms with Crippen molar-refractivity contribution in [3.63, 3.8) is 0 Å². The van der Waals surface area contributed by atoms with Crippen LogP contribution in [0.15, 0.2) is 53.4 Å². The maximum absolute atomic E-state index is 13.7. The molecule has 1 saturated heterocycles. The maximum Gasteiger partial charge on any atom is 0.243 e. The summed E-state index contributed by atoms with van der Waals surface area (Å²) in [6.07, 6.45) is 0.819. The van der Waals surface area contributed by atoms with E-state index in [4.69, 9.17) is 14.7 Å². The van der Waals surface area contributed by atoms with Gasteiger partial charge in [0.15, 0.2) is 0 Å². The fourth-order valence-electron chi connectivity index (χ4n) is 4.63. The predicted octanol–water partition coefficient (Wildman–Crippen LogP) is 2.75. The molecule has 0 radical (unpaired) electrons. The highest BCUT2D eigenvalue weighted by atomic mass is 32.2. The lowest BCUT2D eigenvalue weighted by Crippen LogP contribution is -2.41. The summed E-state index contributed by atoms with van der Waals surface area (Å²) < 4.78 is 47.7. The number of nitrogens with one attached hydrogen (secondary N) is 1. The van der Waals surface area contributed by atoms with Crippen molar-refractivity contribution in [3.05, 3.63) is 77.0 Å². The first kappa shape index (κ1) is 25.2. The molecule has 0 atom stereocenters. The van der Waals surface area contributed by atoms with Gasteiger partial charge in [0, 0.05) is 57.2 Å². The van der Waals surface area contributed by atoms with E-state index in [0.717, 1.165) is 16.8 Å². The zero-order chi connectivity index (χ0) is 26.0. The number of amides is 1. The summed E-state index contributed by atoms with van der Waals surface area (Å²) in [5.74, 6) is 0.752. The van der Waals surface area contributed by atoms with E-state index >= 15 is 0 Å². The minimum atomic E-state index is -3.78. The molecule has 0 unspecified atom stereocenters. The molecule has 11 heteroatoms. The SMILES string of the molecule is CC(=O)Nc1ccc(S(=O)(=O)N2CCc3nc(Cc4cccc(F)c4)nc(N4CCOCC4)c3C2)cc1. The molecule has 0 aliphatic carbocycles. The van der Waals surface area contributed by atoms with Crippen LogP contribution in [0.1, 0.15) is 29.6 Å². The second-order valence-corrected chi connectivity index (χ2v) is 11.0. The number of hydrogen-bond donors (Lipinski definition) is 1. The quantitative estimate of drug-likeness (QED) is 0.528. The third-order valence-electron chi connectivity index (χ3n) is 6.42. The van der Waals surface area contributed by atoms with Gasteiger partial charge in [0.05, 0.1) is 23.8 Å². The van der Waals surface area contributed by atoms with Crippen molar-refractivity contribution >= 4 is 27.4 Å². The smallest absolute Gasteiger partial charge is 0.243 e. The lowest BCUT2D eigenvalue weighted by atomic mass is 10.1. The number of fused-ring (bicyclic) bond motifs is 1. The molecule has 1 aromatic heterocycles. The molecule has 9 nitrogen and oxygen atoms in total. The Labute approximate surface area is 215 Å². The number of sulfonamides is 1. The van der Waals surface area contributed by atoms with Gasteiger partial charge >= 0.3 is 0 Å². The van der Waals surface area contributed by atoms with Crippen molar-refractivity contribution in [1.82, 2.24) is 14.3 Å². The highest BCUT2D eigenvalue weighted by Crippen LogP contribution is 2.31. The molecule has 37 heavy (non-hydrogen) atoms. The van der Waals surface area contributed by atoms with Crippen LogP contribution in [0.25, 0.3) is 0 Å². The van der Waals surface area contributed by atoms with Gasteiger partial charge in [0.1, 0.15) is 17.5 Å². The Balaban J connectivity index is 1.45. The number of carbonyl (C=O) groups excluding carboxylic acids is 1. The van der Waals surface area contributed by atoms with Crippen LogP contribution < -0.4 is 10.2 Å². The first-order valence-corrected chi connectivity index (χ1v) is 13.6. The fraction of sp³-hybridized carbons (Fsp3) is 0.346. The number of rotatable bonds is 6. The summed E-state index contributed by atoms with van der Waals surface area (Å²) in [5.41, 5.74) is 2.91. The summed E-state index contributed by atoms with van der Waals surface area (Å²) in [6, 6.07) is 12.5. The third-order valence-corrected chi connectivity index (χ3v) is 8.28. The van der Waals surface area contributed by atoms with E-state index in [1.54, 1.807) is 18.2 Å². The number of benzene rings is 2. The van der Waals surface area contributed by atoms with Crippen LogP contribution in [0.4, 0.5) is 15.9 Å². The number of ether oxygens (including phenoxy) is 1. The Hall–Kier alpha value is -3.41. The third kappa shape index (κ3) is 5.63. The number of hydrogen-bond acceptors (Lipinski definition) is 7. The molecule has 1 N–H and O–H groups in total. The topological polar surface area (TPSA) is 105 Å². The summed E-state index contributed by atoms with van der Waals surface area (Å²) >= 11 is 0. The molecular weight excluding hydrogens is 497 g/mol. The van der Waals surface area contributed by atoms with E-state index < -0.39 is 10.0 Å². The van der Waals surface area contributed by atoms with Gasteiger partial charge < -0.3 is 15.0 Å². The molecule has 194 valence electrons. The van der Waals surface area contributed by atoms with E-state index in [9.17, 15) is 17.6 Å². The summed E-state index contributed by atoms with van der Waals surface area (Å²) in [5, 5.41) is 2.65. The molecule has 0 saturated carbocycles. The Morgan fingerprint density at radius 2 is 1.84 bits per heavy atom. The predicted molar refractivity (Wildman–Crippen MR) is 136 cm³/mol. The molecular formula is C26H28FN5O4S.